The lowest BCUT2D eigenvalue weighted by Crippen LogP contribution is -2.26. The summed E-state index contributed by atoms with van der Waals surface area (Å²) in [6.07, 6.45) is -2.04. The summed E-state index contributed by atoms with van der Waals surface area (Å²) >= 11 is 0. The Labute approximate surface area is 128 Å². The number of carbonyl (C=O) groups is 2. The van der Waals surface area contributed by atoms with Crippen LogP contribution in [0.1, 0.15) is 20.8 Å². The van der Waals surface area contributed by atoms with Crippen molar-refractivity contribution < 1.29 is 33.3 Å². The summed E-state index contributed by atoms with van der Waals surface area (Å²) in [5.41, 5.74) is 0. The molecule has 120 valence electrons. The Morgan fingerprint density at radius 2 is 1.82 bits per heavy atom. The van der Waals surface area contributed by atoms with Crippen LogP contribution >= 0.6 is 0 Å². The van der Waals surface area contributed by atoms with Crippen LogP contribution in [-0.4, -0.2) is 31.6 Å². The van der Waals surface area contributed by atoms with Gasteiger partial charge in [-0.05, 0) is 12.1 Å². The first-order valence-corrected chi connectivity index (χ1v) is 6.95. The molecule has 1 unspecified atom stereocenters. The lowest BCUT2D eigenvalue weighted by Gasteiger charge is -2.20. The number of rotatable bonds is 4. The minimum absolute atomic E-state index is 0.185. The standard InChI is InChI=1S/C15H18O7/c1-9(2)14(16)20-10(3)21-15(17)22-12-6-4-5-11-13(12)19-8-7-18-11/h4-6,9-10H,7-8H2,1-3H3. The fraction of sp³-hybridized carbons (Fsp3) is 0.467. The average molecular weight is 310 g/mol. The van der Waals surface area contributed by atoms with E-state index in [4.69, 9.17) is 23.7 Å². The maximum absolute atomic E-state index is 11.7. The molecule has 1 atom stereocenters. The van der Waals surface area contributed by atoms with Gasteiger partial charge in [0, 0.05) is 6.92 Å². The second-order valence-corrected chi connectivity index (χ2v) is 4.91. The minimum atomic E-state index is -1.04. The number of carbonyl (C=O) groups excluding carboxylic acids is 2. The first-order valence-electron chi connectivity index (χ1n) is 6.95. The second kappa shape index (κ2) is 7.02. The number of ether oxygens (including phenoxy) is 5. The van der Waals surface area contributed by atoms with E-state index in [2.05, 4.69) is 0 Å². The third kappa shape index (κ3) is 4.03. The molecule has 1 aromatic carbocycles. The van der Waals surface area contributed by atoms with Crippen molar-refractivity contribution in [2.75, 3.05) is 13.2 Å². The van der Waals surface area contributed by atoms with Gasteiger partial charge in [0.15, 0.2) is 11.5 Å². The Balaban J connectivity index is 1.94. The van der Waals surface area contributed by atoms with Gasteiger partial charge in [-0.15, -0.1) is 0 Å². The number of esters is 1. The van der Waals surface area contributed by atoms with Crippen molar-refractivity contribution in [3.8, 4) is 17.2 Å². The summed E-state index contributed by atoms with van der Waals surface area (Å²) in [7, 11) is 0. The van der Waals surface area contributed by atoms with Crippen LogP contribution in [0.3, 0.4) is 0 Å². The zero-order valence-electron chi connectivity index (χ0n) is 12.7. The first kappa shape index (κ1) is 15.9. The highest BCUT2D eigenvalue weighted by molar-refractivity contribution is 5.72. The van der Waals surface area contributed by atoms with Crippen LogP contribution in [0.2, 0.25) is 0 Å². The third-order valence-electron chi connectivity index (χ3n) is 2.74. The van der Waals surface area contributed by atoms with Crippen molar-refractivity contribution in [1.29, 1.82) is 0 Å². The van der Waals surface area contributed by atoms with Crippen molar-refractivity contribution in [2.45, 2.75) is 27.1 Å². The lowest BCUT2D eigenvalue weighted by molar-refractivity contribution is -0.170. The summed E-state index contributed by atoms with van der Waals surface area (Å²) in [5.74, 6) is 0.251. The number of hydrogen-bond acceptors (Lipinski definition) is 7. The Hall–Kier alpha value is -2.44. The van der Waals surface area contributed by atoms with Gasteiger partial charge in [-0.1, -0.05) is 19.9 Å². The summed E-state index contributed by atoms with van der Waals surface area (Å²) < 4.78 is 25.6. The fourth-order valence-corrected chi connectivity index (χ4v) is 1.70. The molecule has 0 aliphatic carbocycles. The topological polar surface area (TPSA) is 80.3 Å². The highest BCUT2D eigenvalue weighted by atomic mass is 16.8. The van der Waals surface area contributed by atoms with Crippen molar-refractivity contribution in [3.05, 3.63) is 18.2 Å². The molecule has 22 heavy (non-hydrogen) atoms. The molecule has 0 amide bonds. The van der Waals surface area contributed by atoms with E-state index in [0.29, 0.717) is 24.7 Å². The Bertz CT molecular complexity index is 553. The van der Waals surface area contributed by atoms with E-state index in [1.807, 2.05) is 0 Å². The van der Waals surface area contributed by atoms with E-state index in [1.54, 1.807) is 32.0 Å². The predicted octanol–water partition coefficient (Wildman–Crippen LogP) is 2.52. The van der Waals surface area contributed by atoms with Gasteiger partial charge in [0.1, 0.15) is 13.2 Å². The lowest BCUT2D eigenvalue weighted by atomic mass is 10.2. The molecular weight excluding hydrogens is 292 g/mol. The Morgan fingerprint density at radius 1 is 1.09 bits per heavy atom. The third-order valence-corrected chi connectivity index (χ3v) is 2.74. The molecule has 1 heterocycles. The van der Waals surface area contributed by atoms with E-state index >= 15 is 0 Å². The Kier molecular flexibility index (Phi) is 5.08. The van der Waals surface area contributed by atoms with Crippen LogP contribution in [0, 0.1) is 5.92 Å². The molecule has 7 nitrogen and oxygen atoms in total. The molecule has 0 radical (unpaired) electrons. The minimum Gasteiger partial charge on any atom is -0.486 e. The fourth-order valence-electron chi connectivity index (χ4n) is 1.70. The second-order valence-electron chi connectivity index (χ2n) is 4.91. The largest absolute Gasteiger partial charge is 0.517 e. The molecule has 1 aliphatic heterocycles. The molecule has 1 aliphatic rings. The van der Waals surface area contributed by atoms with E-state index in [1.165, 1.54) is 6.92 Å². The monoisotopic (exact) mass is 310 g/mol. The molecule has 0 N–H and O–H groups in total. The Morgan fingerprint density at radius 3 is 2.55 bits per heavy atom. The first-order chi connectivity index (χ1) is 10.5. The molecule has 0 spiro atoms. The smallest absolute Gasteiger partial charge is 0.486 e. The van der Waals surface area contributed by atoms with Gasteiger partial charge in [-0.2, -0.15) is 0 Å². The van der Waals surface area contributed by atoms with Crippen LogP contribution in [0.5, 0.6) is 17.2 Å². The van der Waals surface area contributed by atoms with Gasteiger partial charge < -0.3 is 23.7 Å². The number of hydrogen-bond donors (Lipinski definition) is 0. The highest BCUT2D eigenvalue weighted by Gasteiger charge is 2.22. The molecule has 0 aromatic heterocycles. The summed E-state index contributed by atoms with van der Waals surface area (Å²) in [6.45, 7) is 5.59. The van der Waals surface area contributed by atoms with Gasteiger partial charge in [0.2, 0.25) is 12.0 Å². The summed E-state index contributed by atoms with van der Waals surface area (Å²) in [5, 5.41) is 0. The van der Waals surface area contributed by atoms with Gasteiger partial charge in [0.25, 0.3) is 0 Å². The van der Waals surface area contributed by atoms with Gasteiger partial charge in [0.05, 0.1) is 5.92 Å². The molecule has 2 rings (SSSR count). The molecule has 1 aromatic rings. The van der Waals surface area contributed by atoms with Gasteiger partial charge in [-0.25, -0.2) is 4.79 Å². The molecule has 7 heteroatoms. The van der Waals surface area contributed by atoms with Crippen molar-refractivity contribution in [1.82, 2.24) is 0 Å². The predicted molar refractivity (Wildman–Crippen MR) is 74.9 cm³/mol. The molecule has 0 fully saturated rings. The number of para-hydroxylation sites is 1. The number of benzene rings is 1. The maximum atomic E-state index is 11.7. The molecule has 0 saturated carbocycles. The number of fused-ring (bicyclic) bond motifs is 1. The quantitative estimate of drug-likeness (QED) is 0.480. The van der Waals surface area contributed by atoms with E-state index in [-0.39, 0.29) is 11.7 Å². The normalized spacial score (nSPS) is 14.2. The van der Waals surface area contributed by atoms with E-state index in [0.717, 1.165) is 0 Å². The van der Waals surface area contributed by atoms with Crippen LogP contribution in [-0.2, 0) is 14.3 Å². The molecule has 0 bridgehead atoms. The zero-order chi connectivity index (χ0) is 16.1. The van der Waals surface area contributed by atoms with E-state index < -0.39 is 18.4 Å². The van der Waals surface area contributed by atoms with Crippen molar-refractivity contribution >= 4 is 12.1 Å². The van der Waals surface area contributed by atoms with Gasteiger partial charge in [-0.3, -0.25) is 4.79 Å². The SMILES string of the molecule is CC(OC(=O)Oc1cccc2c1OCCO2)OC(=O)C(C)C. The maximum Gasteiger partial charge on any atom is 0.517 e. The zero-order valence-corrected chi connectivity index (χ0v) is 12.7. The summed E-state index contributed by atoms with van der Waals surface area (Å²) in [6, 6.07) is 4.93. The molecular formula is C15H18O7. The van der Waals surface area contributed by atoms with Crippen LogP contribution in [0.15, 0.2) is 18.2 Å². The van der Waals surface area contributed by atoms with Crippen LogP contribution in [0.25, 0.3) is 0 Å². The van der Waals surface area contributed by atoms with E-state index in [9.17, 15) is 9.59 Å². The van der Waals surface area contributed by atoms with Crippen LogP contribution < -0.4 is 14.2 Å². The average Bonchev–Trinajstić information content (AvgIpc) is 2.47. The highest BCUT2D eigenvalue weighted by Crippen LogP contribution is 2.39. The van der Waals surface area contributed by atoms with Crippen molar-refractivity contribution in [2.24, 2.45) is 5.92 Å². The van der Waals surface area contributed by atoms with Gasteiger partial charge >= 0.3 is 12.1 Å². The van der Waals surface area contributed by atoms with Crippen molar-refractivity contribution in [3.63, 3.8) is 0 Å². The molecule has 0 saturated heterocycles. The van der Waals surface area contributed by atoms with Crippen LogP contribution in [0.4, 0.5) is 4.79 Å². The summed E-state index contributed by atoms with van der Waals surface area (Å²) in [4.78, 5) is 23.1.